The molecule has 36 heavy (non-hydrogen) atoms. The van der Waals surface area contributed by atoms with Gasteiger partial charge in [0.15, 0.2) is 5.82 Å². The third kappa shape index (κ3) is 6.47. The van der Waals surface area contributed by atoms with E-state index in [-0.39, 0.29) is 5.28 Å². The van der Waals surface area contributed by atoms with Crippen LogP contribution in [0.25, 0.3) is 10.2 Å². The molecule has 0 atom stereocenters. The Morgan fingerprint density at radius 2 is 1.72 bits per heavy atom. The number of aromatic nitrogens is 2. The molecule has 0 aliphatic carbocycles. The van der Waals surface area contributed by atoms with Gasteiger partial charge in [0.2, 0.25) is 15.3 Å². The standard InChI is InChI=1S/C23H35ClN6O4S2/c1-36(31,32)30-4-2-18(3-5-30)29(7-6-27-8-12-33-13-9-27)17-19-16-20-21(35-19)22(26-23(24)25-20)28-10-14-34-15-11-28/h16,18H,2-15,17H2,1H3. The first-order valence-corrected chi connectivity index (χ1v) is 15.7. The van der Waals surface area contributed by atoms with Crippen LogP contribution in [0.4, 0.5) is 5.82 Å². The molecule has 3 saturated heterocycles. The molecular formula is C23H35ClN6O4S2. The van der Waals surface area contributed by atoms with Crippen molar-refractivity contribution in [1.82, 2.24) is 24.1 Å². The van der Waals surface area contributed by atoms with Crippen LogP contribution >= 0.6 is 22.9 Å². The van der Waals surface area contributed by atoms with Gasteiger partial charge in [0.25, 0.3) is 0 Å². The van der Waals surface area contributed by atoms with E-state index in [1.54, 1.807) is 15.6 Å². The van der Waals surface area contributed by atoms with Crippen molar-refractivity contribution < 1.29 is 17.9 Å². The number of morpholine rings is 2. The quantitative estimate of drug-likeness (QED) is 0.449. The second-order valence-corrected chi connectivity index (χ2v) is 13.1. The van der Waals surface area contributed by atoms with Gasteiger partial charge in [-0.2, -0.15) is 4.98 Å². The summed E-state index contributed by atoms with van der Waals surface area (Å²) in [5.41, 5.74) is 0.886. The van der Waals surface area contributed by atoms with Crippen LogP contribution in [0.3, 0.4) is 0 Å². The maximum atomic E-state index is 12.0. The minimum atomic E-state index is -3.15. The van der Waals surface area contributed by atoms with Gasteiger partial charge >= 0.3 is 0 Å². The molecule has 10 nitrogen and oxygen atoms in total. The SMILES string of the molecule is CS(=O)(=O)N1CCC(N(CCN2CCOCC2)Cc2cc3nc(Cl)nc(N4CCOCC4)c3s2)CC1. The van der Waals surface area contributed by atoms with Gasteiger partial charge in [-0.25, -0.2) is 17.7 Å². The Hall–Kier alpha value is -1.12. The van der Waals surface area contributed by atoms with Crippen molar-refractivity contribution in [2.45, 2.75) is 25.4 Å². The fourth-order valence-corrected chi connectivity index (χ4v) is 7.41. The molecule has 3 fully saturated rings. The van der Waals surface area contributed by atoms with Crippen molar-refractivity contribution in [2.75, 3.05) is 89.9 Å². The number of fused-ring (bicyclic) bond motifs is 1. The number of ether oxygens (including phenoxy) is 2. The van der Waals surface area contributed by atoms with Crippen LogP contribution in [0.1, 0.15) is 17.7 Å². The summed E-state index contributed by atoms with van der Waals surface area (Å²) in [5, 5.41) is 0.269. The minimum Gasteiger partial charge on any atom is -0.379 e. The summed E-state index contributed by atoms with van der Waals surface area (Å²) in [7, 11) is -3.15. The molecule has 3 aliphatic rings. The molecule has 0 N–H and O–H groups in total. The van der Waals surface area contributed by atoms with Crippen LogP contribution in [-0.4, -0.2) is 124 Å². The van der Waals surface area contributed by atoms with Gasteiger partial charge in [-0.1, -0.05) is 0 Å². The summed E-state index contributed by atoms with van der Waals surface area (Å²) in [6.07, 6.45) is 2.98. The topological polar surface area (TPSA) is 91.3 Å². The van der Waals surface area contributed by atoms with Crippen LogP contribution in [0.15, 0.2) is 6.07 Å². The third-order valence-electron chi connectivity index (χ3n) is 7.26. The van der Waals surface area contributed by atoms with Crippen molar-refractivity contribution in [3.05, 3.63) is 16.2 Å². The van der Waals surface area contributed by atoms with Gasteiger partial charge < -0.3 is 14.4 Å². The lowest BCUT2D eigenvalue weighted by Gasteiger charge is -2.38. The number of halogens is 1. The highest BCUT2D eigenvalue weighted by molar-refractivity contribution is 7.88. The van der Waals surface area contributed by atoms with Crippen LogP contribution in [0.2, 0.25) is 5.28 Å². The maximum absolute atomic E-state index is 12.0. The zero-order valence-electron chi connectivity index (χ0n) is 20.8. The second kappa shape index (κ2) is 11.7. The Morgan fingerprint density at radius 1 is 1.06 bits per heavy atom. The Morgan fingerprint density at radius 3 is 2.39 bits per heavy atom. The zero-order valence-corrected chi connectivity index (χ0v) is 23.2. The lowest BCUT2D eigenvalue weighted by molar-refractivity contribution is 0.0278. The van der Waals surface area contributed by atoms with Gasteiger partial charge in [0, 0.05) is 69.8 Å². The molecule has 0 bridgehead atoms. The van der Waals surface area contributed by atoms with E-state index >= 15 is 0 Å². The molecule has 5 heterocycles. The van der Waals surface area contributed by atoms with E-state index in [1.165, 1.54) is 11.1 Å². The number of thiophene rings is 1. The molecule has 13 heteroatoms. The fraction of sp³-hybridized carbons (Fsp3) is 0.739. The van der Waals surface area contributed by atoms with E-state index in [0.717, 1.165) is 87.9 Å². The predicted octanol–water partition coefficient (Wildman–Crippen LogP) is 1.74. The highest BCUT2D eigenvalue weighted by Gasteiger charge is 2.29. The molecular weight excluding hydrogens is 524 g/mol. The average molecular weight is 559 g/mol. The van der Waals surface area contributed by atoms with E-state index in [4.69, 9.17) is 21.1 Å². The number of nitrogens with zero attached hydrogens (tertiary/aromatic N) is 6. The Labute approximate surface area is 222 Å². The van der Waals surface area contributed by atoms with E-state index in [0.29, 0.717) is 32.3 Å². The maximum Gasteiger partial charge on any atom is 0.224 e. The lowest BCUT2D eigenvalue weighted by Crippen LogP contribution is -2.48. The normalized spacial score (nSPS) is 21.6. The predicted molar refractivity (Wildman–Crippen MR) is 143 cm³/mol. The van der Waals surface area contributed by atoms with Crippen molar-refractivity contribution in [3.8, 4) is 0 Å². The van der Waals surface area contributed by atoms with E-state index in [2.05, 4.69) is 30.7 Å². The zero-order chi connectivity index (χ0) is 25.1. The molecule has 0 radical (unpaired) electrons. The summed E-state index contributed by atoms with van der Waals surface area (Å²) in [5.74, 6) is 0.894. The van der Waals surface area contributed by atoms with Gasteiger partial charge in [0.05, 0.1) is 42.9 Å². The molecule has 0 aromatic carbocycles. The molecule has 3 aliphatic heterocycles. The molecule has 0 saturated carbocycles. The van der Waals surface area contributed by atoms with Crippen LogP contribution in [0.5, 0.6) is 0 Å². The monoisotopic (exact) mass is 558 g/mol. The molecule has 200 valence electrons. The number of sulfonamides is 1. The Balaban J connectivity index is 1.35. The van der Waals surface area contributed by atoms with E-state index in [1.807, 2.05) is 0 Å². The summed E-state index contributed by atoms with van der Waals surface area (Å²) < 4.78 is 37.8. The number of hydrogen-bond acceptors (Lipinski definition) is 10. The number of piperidine rings is 1. The van der Waals surface area contributed by atoms with Crippen molar-refractivity contribution in [2.24, 2.45) is 0 Å². The fourth-order valence-electron chi connectivity index (χ4n) is 5.23. The van der Waals surface area contributed by atoms with E-state index in [9.17, 15) is 8.42 Å². The smallest absolute Gasteiger partial charge is 0.224 e. The molecule has 2 aromatic rings. The van der Waals surface area contributed by atoms with Gasteiger partial charge in [-0.15, -0.1) is 11.3 Å². The van der Waals surface area contributed by atoms with Gasteiger partial charge in [-0.3, -0.25) is 9.80 Å². The summed E-state index contributed by atoms with van der Waals surface area (Å²) in [6.45, 7) is 10.3. The first-order valence-electron chi connectivity index (χ1n) is 12.6. The Bertz CT molecular complexity index is 1130. The summed E-state index contributed by atoms with van der Waals surface area (Å²) >= 11 is 8.05. The second-order valence-electron chi connectivity index (χ2n) is 9.66. The van der Waals surface area contributed by atoms with Crippen molar-refractivity contribution in [1.29, 1.82) is 0 Å². The van der Waals surface area contributed by atoms with Crippen molar-refractivity contribution in [3.63, 3.8) is 0 Å². The first-order chi connectivity index (χ1) is 17.4. The minimum absolute atomic E-state index is 0.269. The highest BCUT2D eigenvalue weighted by Crippen LogP contribution is 2.34. The van der Waals surface area contributed by atoms with Gasteiger partial charge in [-0.05, 0) is 30.5 Å². The molecule has 0 spiro atoms. The number of rotatable bonds is 8. The molecule has 5 rings (SSSR count). The molecule has 0 unspecified atom stereocenters. The first kappa shape index (κ1) is 26.5. The van der Waals surface area contributed by atoms with Crippen LogP contribution < -0.4 is 4.90 Å². The highest BCUT2D eigenvalue weighted by atomic mass is 35.5. The van der Waals surface area contributed by atoms with E-state index < -0.39 is 10.0 Å². The Kier molecular flexibility index (Phi) is 8.63. The lowest BCUT2D eigenvalue weighted by atomic mass is 10.0. The van der Waals surface area contributed by atoms with Crippen molar-refractivity contribution >= 4 is 49.0 Å². The summed E-state index contributed by atoms with van der Waals surface area (Å²) in [4.78, 5) is 17.5. The largest absolute Gasteiger partial charge is 0.379 e. The van der Waals surface area contributed by atoms with Crippen LogP contribution in [0, 0.1) is 0 Å². The summed E-state index contributed by atoms with van der Waals surface area (Å²) in [6, 6.07) is 2.48. The number of hydrogen-bond donors (Lipinski definition) is 0. The molecule has 0 amide bonds. The average Bonchev–Trinajstić information content (AvgIpc) is 3.29. The number of anilines is 1. The van der Waals surface area contributed by atoms with Gasteiger partial charge in [0.1, 0.15) is 0 Å². The third-order valence-corrected chi connectivity index (χ3v) is 9.84. The molecule has 2 aromatic heterocycles. The van der Waals surface area contributed by atoms with Crippen LogP contribution in [-0.2, 0) is 26.0 Å².